The van der Waals surface area contributed by atoms with Crippen molar-refractivity contribution < 1.29 is 14.2 Å². The molecule has 206 valence electrons. The van der Waals surface area contributed by atoms with E-state index in [9.17, 15) is 0 Å². The smallest absolute Gasteiger partial charge is 0.102 e. The van der Waals surface area contributed by atoms with Crippen LogP contribution in [0.4, 0.5) is 0 Å². The normalized spacial score (nSPS) is 22.5. The molecule has 37 heavy (non-hydrogen) atoms. The van der Waals surface area contributed by atoms with Crippen LogP contribution in [0.1, 0.15) is 89.7 Å². The lowest BCUT2D eigenvalue weighted by atomic mass is 10.0. The average Bonchev–Trinajstić information content (AvgIpc) is 3.29. The topological polar surface area (TPSA) is 30.9 Å². The van der Waals surface area contributed by atoms with Crippen molar-refractivity contribution in [3.63, 3.8) is 0 Å². The maximum atomic E-state index is 6.71. The first-order valence-corrected chi connectivity index (χ1v) is 14.8. The summed E-state index contributed by atoms with van der Waals surface area (Å²) in [6, 6.07) is 21.6. The Bertz CT molecular complexity index is 830. The molecule has 0 aliphatic heterocycles. The Labute approximate surface area is 226 Å². The predicted octanol–water partition coefficient (Wildman–Crippen LogP) is 7.80. The Kier molecular flexibility index (Phi) is 13.7. The van der Waals surface area contributed by atoms with Crippen LogP contribution in [0.15, 0.2) is 60.7 Å². The van der Waals surface area contributed by atoms with Gasteiger partial charge in [0.1, 0.15) is 6.10 Å². The molecule has 1 saturated carbocycles. The van der Waals surface area contributed by atoms with Gasteiger partial charge in [-0.1, -0.05) is 113 Å². The van der Waals surface area contributed by atoms with Crippen LogP contribution in [-0.2, 0) is 27.4 Å². The van der Waals surface area contributed by atoms with Gasteiger partial charge in [-0.3, -0.25) is 4.90 Å². The monoisotopic (exact) mass is 509 g/mol. The van der Waals surface area contributed by atoms with Gasteiger partial charge in [-0.25, -0.2) is 0 Å². The molecule has 0 amide bonds. The van der Waals surface area contributed by atoms with Crippen molar-refractivity contribution >= 4 is 0 Å². The van der Waals surface area contributed by atoms with Crippen molar-refractivity contribution in [2.45, 2.75) is 122 Å². The first kappa shape index (κ1) is 29.8. The largest absolute Gasteiger partial charge is 0.374 e. The van der Waals surface area contributed by atoms with Crippen LogP contribution < -0.4 is 0 Å². The van der Waals surface area contributed by atoms with E-state index in [0.717, 1.165) is 19.4 Å². The molecule has 0 aromatic heterocycles. The lowest BCUT2D eigenvalue weighted by Crippen LogP contribution is -2.51. The minimum Gasteiger partial charge on any atom is -0.374 e. The van der Waals surface area contributed by atoms with Gasteiger partial charge >= 0.3 is 0 Å². The summed E-state index contributed by atoms with van der Waals surface area (Å²) in [5.74, 6) is 0. The summed E-state index contributed by atoms with van der Waals surface area (Å²) in [5, 5.41) is 0. The number of hydrogen-bond donors (Lipinski definition) is 0. The standard InChI is InChI=1S/C33H51NO3/c1-5-7-9-10-17-23-35-33-31(37-26-29-21-15-12-16-22-29)24-30(36-25-28-19-13-11-14-20-28)32(33)34(4)27(3)18-8-6-2/h11-16,19-22,27,30-33H,5-10,17-18,23-26H2,1-4H3/t27?,30-,31+,32+,33+/m0/s1. The third-order valence-corrected chi connectivity index (χ3v) is 7.86. The molecular weight excluding hydrogens is 458 g/mol. The highest BCUT2D eigenvalue weighted by molar-refractivity contribution is 5.15. The Hall–Kier alpha value is -1.72. The maximum Gasteiger partial charge on any atom is 0.102 e. The molecule has 1 aliphatic carbocycles. The van der Waals surface area contributed by atoms with Crippen molar-refractivity contribution in [3.05, 3.63) is 71.8 Å². The number of nitrogens with zero attached hydrogens (tertiary/aromatic N) is 1. The van der Waals surface area contributed by atoms with Crippen molar-refractivity contribution in [3.8, 4) is 0 Å². The fourth-order valence-corrected chi connectivity index (χ4v) is 5.44. The van der Waals surface area contributed by atoms with Crippen molar-refractivity contribution in [1.82, 2.24) is 4.90 Å². The summed E-state index contributed by atoms with van der Waals surface area (Å²) < 4.78 is 19.9. The third-order valence-electron chi connectivity index (χ3n) is 7.86. The van der Waals surface area contributed by atoms with Crippen LogP contribution >= 0.6 is 0 Å². The molecule has 0 N–H and O–H groups in total. The fraction of sp³-hybridized carbons (Fsp3) is 0.636. The lowest BCUT2D eigenvalue weighted by Gasteiger charge is -2.38. The van der Waals surface area contributed by atoms with Gasteiger partial charge in [-0.05, 0) is 37.9 Å². The molecule has 1 aliphatic rings. The molecule has 4 nitrogen and oxygen atoms in total. The average molecular weight is 510 g/mol. The van der Waals surface area contributed by atoms with Crippen LogP contribution in [0.3, 0.4) is 0 Å². The minimum atomic E-state index is 0.00439. The van der Waals surface area contributed by atoms with Gasteiger partial charge in [-0.15, -0.1) is 0 Å². The SMILES string of the molecule is CCCCCCCO[C@H]1[C@H](N(C)C(C)CCCC)[C@@H](OCc2ccccc2)C[C@H]1OCc1ccccc1. The molecule has 2 aromatic rings. The summed E-state index contributed by atoms with van der Waals surface area (Å²) in [4.78, 5) is 2.53. The van der Waals surface area contributed by atoms with Crippen LogP contribution in [0.5, 0.6) is 0 Å². The van der Waals surface area contributed by atoms with Crippen LogP contribution in [0, 0.1) is 0 Å². The molecule has 2 aromatic carbocycles. The van der Waals surface area contributed by atoms with E-state index in [4.69, 9.17) is 14.2 Å². The predicted molar refractivity (Wildman–Crippen MR) is 154 cm³/mol. The molecule has 0 heterocycles. The van der Waals surface area contributed by atoms with E-state index in [1.165, 1.54) is 56.1 Å². The molecule has 4 heteroatoms. The number of ether oxygens (including phenoxy) is 3. The van der Waals surface area contributed by atoms with Gasteiger partial charge in [0.15, 0.2) is 0 Å². The van der Waals surface area contributed by atoms with Gasteiger partial charge in [0.05, 0.1) is 31.5 Å². The second-order valence-corrected chi connectivity index (χ2v) is 10.8. The van der Waals surface area contributed by atoms with Crippen molar-refractivity contribution in [2.75, 3.05) is 13.7 Å². The summed E-state index contributed by atoms with van der Waals surface area (Å²) in [7, 11) is 2.26. The minimum absolute atomic E-state index is 0.00439. The molecule has 0 radical (unpaired) electrons. The summed E-state index contributed by atoms with van der Waals surface area (Å²) in [6.07, 6.45) is 10.8. The number of hydrogen-bond acceptors (Lipinski definition) is 4. The Morgan fingerprint density at radius 2 is 1.30 bits per heavy atom. The van der Waals surface area contributed by atoms with E-state index in [1.54, 1.807) is 0 Å². The van der Waals surface area contributed by atoms with E-state index in [-0.39, 0.29) is 24.4 Å². The van der Waals surface area contributed by atoms with E-state index in [2.05, 4.69) is 93.4 Å². The van der Waals surface area contributed by atoms with Gasteiger partial charge in [0.2, 0.25) is 0 Å². The Morgan fingerprint density at radius 3 is 1.89 bits per heavy atom. The van der Waals surface area contributed by atoms with Crippen molar-refractivity contribution in [1.29, 1.82) is 0 Å². The van der Waals surface area contributed by atoms with E-state index in [1.807, 2.05) is 0 Å². The van der Waals surface area contributed by atoms with Gasteiger partial charge < -0.3 is 14.2 Å². The zero-order valence-corrected chi connectivity index (χ0v) is 23.8. The highest BCUT2D eigenvalue weighted by atomic mass is 16.6. The molecule has 0 saturated heterocycles. The molecule has 5 atom stereocenters. The number of rotatable bonds is 18. The maximum absolute atomic E-state index is 6.71. The Morgan fingerprint density at radius 1 is 0.730 bits per heavy atom. The molecule has 0 bridgehead atoms. The van der Waals surface area contributed by atoms with Crippen LogP contribution in [-0.4, -0.2) is 49.0 Å². The van der Waals surface area contributed by atoms with Crippen molar-refractivity contribution in [2.24, 2.45) is 0 Å². The van der Waals surface area contributed by atoms with E-state index >= 15 is 0 Å². The lowest BCUT2D eigenvalue weighted by molar-refractivity contribution is -0.0951. The molecule has 1 fully saturated rings. The zero-order valence-electron chi connectivity index (χ0n) is 23.8. The number of likely N-dealkylation sites (N-methyl/N-ethyl adjacent to an activating group) is 1. The van der Waals surface area contributed by atoms with Crippen LogP contribution in [0.25, 0.3) is 0 Å². The zero-order chi connectivity index (χ0) is 26.3. The van der Waals surface area contributed by atoms with E-state index in [0.29, 0.717) is 19.3 Å². The number of unbranched alkanes of at least 4 members (excludes halogenated alkanes) is 5. The highest BCUT2D eigenvalue weighted by Gasteiger charge is 2.48. The van der Waals surface area contributed by atoms with Gasteiger partial charge in [0.25, 0.3) is 0 Å². The fourth-order valence-electron chi connectivity index (χ4n) is 5.44. The molecular formula is C33H51NO3. The van der Waals surface area contributed by atoms with Gasteiger partial charge in [-0.2, -0.15) is 0 Å². The first-order valence-electron chi connectivity index (χ1n) is 14.8. The number of benzene rings is 2. The quantitative estimate of drug-likeness (QED) is 0.192. The highest BCUT2D eigenvalue weighted by Crippen LogP contribution is 2.34. The second kappa shape index (κ2) is 17.0. The summed E-state index contributed by atoms with van der Waals surface area (Å²) in [6.45, 7) is 8.90. The summed E-state index contributed by atoms with van der Waals surface area (Å²) in [5.41, 5.74) is 2.42. The summed E-state index contributed by atoms with van der Waals surface area (Å²) >= 11 is 0. The third kappa shape index (κ3) is 9.83. The first-order chi connectivity index (χ1) is 18.1. The second-order valence-electron chi connectivity index (χ2n) is 10.8. The molecule has 1 unspecified atom stereocenters. The molecule has 0 spiro atoms. The van der Waals surface area contributed by atoms with E-state index < -0.39 is 0 Å². The van der Waals surface area contributed by atoms with Gasteiger partial charge in [0, 0.05) is 19.1 Å². The molecule has 3 rings (SSSR count). The van der Waals surface area contributed by atoms with Crippen LogP contribution in [0.2, 0.25) is 0 Å². The Balaban J connectivity index is 1.74.